The minimum atomic E-state index is 0.884. The summed E-state index contributed by atoms with van der Waals surface area (Å²) in [4.78, 5) is 0. The molecule has 0 aliphatic rings. The zero-order chi connectivity index (χ0) is 21.5. The number of fused-ring (bicyclic) bond motifs is 10. The SMILES string of the molecule is c1ccc2c(c1)oc1c(-n3c4ccccc4c4ccc5c6ccccc6oc5c43)cccc12. The average Bonchev–Trinajstić information content (AvgIpc) is 3.53. The quantitative estimate of drug-likeness (QED) is 0.265. The van der Waals surface area contributed by atoms with Crippen molar-refractivity contribution in [2.75, 3.05) is 0 Å². The van der Waals surface area contributed by atoms with Gasteiger partial charge in [0, 0.05) is 32.3 Å². The molecule has 8 aromatic rings. The van der Waals surface area contributed by atoms with Gasteiger partial charge in [-0.3, -0.25) is 0 Å². The molecule has 0 radical (unpaired) electrons. The molecule has 3 nitrogen and oxygen atoms in total. The summed E-state index contributed by atoms with van der Waals surface area (Å²) >= 11 is 0. The van der Waals surface area contributed by atoms with Crippen LogP contribution in [0.3, 0.4) is 0 Å². The van der Waals surface area contributed by atoms with Crippen molar-refractivity contribution in [3.63, 3.8) is 0 Å². The van der Waals surface area contributed by atoms with Crippen LogP contribution >= 0.6 is 0 Å². The van der Waals surface area contributed by atoms with Crippen LogP contribution in [0.5, 0.6) is 0 Å². The Morgan fingerprint density at radius 1 is 0.424 bits per heavy atom. The van der Waals surface area contributed by atoms with E-state index in [0.29, 0.717) is 0 Å². The van der Waals surface area contributed by atoms with Gasteiger partial charge >= 0.3 is 0 Å². The maximum Gasteiger partial charge on any atom is 0.160 e. The second-order valence-electron chi connectivity index (χ2n) is 8.54. The molecule has 8 rings (SSSR count). The summed E-state index contributed by atoms with van der Waals surface area (Å²) in [5.41, 5.74) is 6.80. The topological polar surface area (TPSA) is 31.2 Å². The van der Waals surface area contributed by atoms with E-state index in [-0.39, 0.29) is 0 Å². The van der Waals surface area contributed by atoms with E-state index in [9.17, 15) is 0 Å². The molecular formula is C30H17NO2. The first-order valence-corrected chi connectivity index (χ1v) is 11.1. The highest BCUT2D eigenvalue weighted by molar-refractivity contribution is 6.22. The molecule has 0 spiro atoms. The molecule has 0 bridgehead atoms. The lowest BCUT2D eigenvalue weighted by Crippen LogP contribution is -1.94. The van der Waals surface area contributed by atoms with Crippen molar-refractivity contribution in [1.82, 2.24) is 4.57 Å². The molecule has 3 heteroatoms. The minimum Gasteiger partial charge on any atom is -0.454 e. The molecule has 0 saturated carbocycles. The lowest BCUT2D eigenvalue weighted by Gasteiger charge is -2.08. The van der Waals surface area contributed by atoms with Crippen molar-refractivity contribution in [1.29, 1.82) is 0 Å². The smallest absolute Gasteiger partial charge is 0.160 e. The van der Waals surface area contributed by atoms with Crippen LogP contribution < -0.4 is 0 Å². The Morgan fingerprint density at radius 2 is 1.00 bits per heavy atom. The fourth-order valence-corrected chi connectivity index (χ4v) is 5.39. The zero-order valence-electron chi connectivity index (χ0n) is 17.6. The van der Waals surface area contributed by atoms with Gasteiger partial charge < -0.3 is 13.4 Å². The van der Waals surface area contributed by atoms with Gasteiger partial charge in [-0.1, -0.05) is 72.8 Å². The first-order chi connectivity index (χ1) is 16.4. The van der Waals surface area contributed by atoms with Crippen LogP contribution in [0.15, 0.2) is 112 Å². The second-order valence-corrected chi connectivity index (χ2v) is 8.54. The Kier molecular flexibility index (Phi) is 3.14. The fourth-order valence-electron chi connectivity index (χ4n) is 5.39. The summed E-state index contributed by atoms with van der Waals surface area (Å²) in [5, 5.41) is 6.87. The number of hydrogen-bond donors (Lipinski definition) is 0. The number of para-hydroxylation sites is 4. The lowest BCUT2D eigenvalue weighted by molar-refractivity contribution is 0.665. The highest BCUT2D eigenvalue weighted by Gasteiger charge is 2.21. The van der Waals surface area contributed by atoms with Crippen LogP contribution in [0.2, 0.25) is 0 Å². The first kappa shape index (κ1) is 17.1. The molecule has 33 heavy (non-hydrogen) atoms. The number of aromatic nitrogens is 1. The highest BCUT2D eigenvalue weighted by atomic mass is 16.3. The summed E-state index contributed by atoms with van der Waals surface area (Å²) in [5.74, 6) is 0. The molecule has 0 amide bonds. The maximum atomic E-state index is 6.48. The van der Waals surface area contributed by atoms with Gasteiger partial charge in [0.15, 0.2) is 11.2 Å². The van der Waals surface area contributed by atoms with E-state index in [2.05, 4.69) is 83.4 Å². The van der Waals surface area contributed by atoms with E-state index >= 15 is 0 Å². The summed E-state index contributed by atoms with van der Waals surface area (Å²) in [6.07, 6.45) is 0. The standard InChI is InChI=1S/C30H17NO2/c1-4-12-24-18(8-1)21-16-17-23-20-10-3-6-15-27(20)33-30(23)28(21)31(24)25-13-7-11-22-19-9-2-5-14-26(19)32-29(22)25/h1-17H. The molecule has 0 N–H and O–H groups in total. The third-order valence-corrected chi connectivity index (χ3v) is 6.80. The number of benzene rings is 5. The Balaban J connectivity index is 1.63. The van der Waals surface area contributed by atoms with Gasteiger partial charge in [-0.25, -0.2) is 0 Å². The largest absolute Gasteiger partial charge is 0.454 e. The molecular weight excluding hydrogens is 406 g/mol. The number of rotatable bonds is 1. The molecule has 0 saturated heterocycles. The summed E-state index contributed by atoms with van der Waals surface area (Å²) < 4.78 is 15.2. The molecule has 3 aromatic heterocycles. The molecule has 0 atom stereocenters. The number of nitrogens with zero attached hydrogens (tertiary/aromatic N) is 1. The van der Waals surface area contributed by atoms with Crippen LogP contribution in [0.4, 0.5) is 0 Å². The van der Waals surface area contributed by atoms with Gasteiger partial charge in [0.2, 0.25) is 0 Å². The van der Waals surface area contributed by atoms with E-state index in [1.165, 1.54) is 10.8 Å². The maximum absolute atomic E-state index is 6.48. The first-order valence-electron chi connectivity index (χ1n) is 11.1. The fraction of sp³-hybridized carbons (Fsp3) is 0. The molecule has 0 unspecified atom stereocenters. The molecule has 5 aromatic carbocycles. The molecule has 0 fully saturated rings. The number of hydrogen-bond acceptors (Lipinski definition) is 2. The third kappa shape index (κ3) is 2.14. The van der Waals surface area contributed by atoms with E-state index in [0.717, 1.165) is 60.6 Å². The summed E-state index contributed by atoms with van der Waals surface area (Å²) in [6.45, 7) is 0. The predicted octanol–water partition coefficient (Wildman–Crippen LogP) is 8.58. The third-order valence-electron chi connectivity index (χ3n) is 6.80. The predicted molar refractivity (Wildman–Crippen MR) is 135 cm³/mol. The molecule has 3 heterocycles. The Hall–Kier alpha value is -4.50. The van der Waals surface area contributed by atoms with E-state index in [1.54, 1.807) is 0 Å². The van der Waals surface area contributed by atoms with Crippen molar-refractivity contribution >= 4 is 65.7 Å². The Morgan fingerprint density at radius 3 is 1.79 bits per heavy atom. The normalized spacial score (nSPS) is 12.2. The van der Waals surface area contributed by atoms with Crippen LogP contribution in [-0.2, 0) is 0 Å². The molecule has 154 valence electrons. The average molecular weight is 423 g/mol. The van der Waals surface area contributed by atoms with Crippen LogP contribution in [-0.4, -0.2) is 4.57 Å². The summed E-state index contributed by atoms with van der Waals surface area (Å²) in [7, 11) is 0. The van der Waals surface area contributed by atoms with Gasteiger partial charge in [0.25, 0.3) is 0 Å². The Bertz CT molecular complexity index is 2030. The van der Waals surface area contributed by atoms with Crippen molar-refractivity contribution in [3.8, 4) is 5.69 Å². The summed E-state index contributed by atoms with van der Waals surface area (Å²) in [6, 6.07) is 35.8. The number of furan rings is 2. The van der Waals surface area contributed by atoms with E-state index in [1.807, 2.05) is 24.3 Å². The van der Waals surface area contributed by atoms with Crippen molar-refractivity contribution in [2.45, 2.75) is 0 Å². The van der Waals surface area contributed by atoms with Gasteiger partial charge in [-0.05, 0) is 30.3 Å². The monoisotopic (exact) mass is 423 g/mol. The van der Waals surface area contributed by atoms with Gasteiger partial charge in [0.05, 0.1) is 16.7 Å². The van der Waals surface area contributed by atoms with Crippen molar-refractivity contribution in [3.05, 3.63) is 103 Å². The van der Waals surface area contributed by atoms with E-state index in [4.69, 9.17) is 8.83 Å². The second kappa shape index (κ2) is 6.05. The van der Waals surface area contributed by atoms with Crippen molar-refractivity contribution < 1.29 is 8.83 Å². The Labute approximate surface area is 188 Å². The highest BCUT2D eigenvalue weighted by Crippen LogP contribution is 2.42. The molecule has 0 aliphatic carbocycles. The molecule has 0 aliphatic heterocycles. The van der Waals surface area contributed by atoms with E-state index < -0.39 is 0 Å². The van der Waals surface area contributed by atoms with Gasteiger partial charge in [-0.2, -0.15) is 0 Å². The zero-order valence-corrected chi connectivity index (χ0v) is 17.6. The van der Waals surface area contributed by atoms with Crippen LogP contribution in [0.1, 0.15) is 0 Å². The lowest BCUT2D eigenvalue weighted by atomic mass is 10.1. The van der Waals surface area contributed by atoms with Crippen LogP contribution in [0, 0.1) is 0 Å². The van der Waals surface area contributed by atoms with Crippen molar-refractivity contribution in [2.24, 2.45) is 0 Å². The van der Waals surface area contributed by atoms with Gasteiger partial charge in [-0.15, -0.1) is 0 Å². The van der Waals surface area contributed by atoms with Crippen LogP contribution in [0.25, 0.3) is 71.4 Å². The van der Waals surface area contributed by atoms with Gasteiger partial charge in [0.1, 0.15) is 11.2 Å². The minimum absolute atomic E-state index is 0.884.